The summed E-state index contributed by atoms with van der Waals surface area (Å²) in [5.74, 6) is 0.780. The van der Waals surface area contributed by atoms with Crippen molar-refractivity contribution in [1.29, 1.82) is 0 Å². The van der Waals surface area contributed by atoms with Gasteiger partial charge in [-0.15, -0.1) is 0 Å². The van der Waals surface area contributed by atoms with E-state index in [1.165, 1.54) is 0 Å². The number of hydrogen-bond acceptors (Lipinski definition) is 4. The SMILES string of the molecule is CN1CCN(C(=O)c2ccc([C@@H]3C[C@H]3C(=O)Cc3ccc4cnccc4c3)cc2)CC1. The normalized spacial score (nSPS) is 21.3. The summed E-state index contributed by atoms with van der Waals surface area (Å²) in [7, 11) is 2.08. The fraction of sp³-hybridized carbons (Fsp3) is 0.346. The molecule has 31 heavy (non-hydrogen) atoms. The molecule has 158 valence electrons. The number of pyridine rings is 1. The second-order valence-electron chi connectivity index (χ2n) is 8.87. The highest BCUT2D eigenvalue weighted by Gasteiger charge is 2.43. The van der Waals surface area contributed by atoms with Gasteiger partial charge in [0.05, 0.1) is 0 Å². The molecule has 2 aliphatic rings. The molecule has 0 bridgehead atoms. The first-order valence-corrected chi connectivity index (χ1v) is 11.0. The van der Waals surface area contributed by atoms with Crippen molar-refractivity contribution in [3.8, 4) is 0 Å². The Hall–Kier alpha value is -3.05. The number of fused-ring (bicyclic) bond motifs is 1. The number of Topliss-reactive ketones (excluding diaryl/α,β-unsaturated/α-hetero) is 1. The molecule has 2 heterocycles. The second-order valence-corrected chi connectivity index (χ2v) is 8.87. The molecule has 0 unspecified atom stereocenters. The third-order valence-electron chi connectivity index (χ3n) is 6.66. The molecule has 0 radical (unpaired) electrons. The lowest BCUT2D eigenvalue weighted by atomic mass is 10.00. The minimum Gasteiger partial charge on any atom is -0.336 e. The number of carbonyl (C=O) groups excluding carboxylic acids is 2. The van der Waals surface area contributed by atoms with Crippen LogP contribution in [0.1, 0.15) is 33.8 Å². The van der Waals surface area contributed by atoms with Crippen molar-refractivity contribution in [2.45, 2.75) is 18.8 Å². The molecule has 2 atom stereocenters. The molecule has 0 spiro atoms. The number of benzene rings is 2. The molecule has 3 aromatic rings. The van der Waals surface area contributed by atoms with Gasteiger partial charge in [-0.2, -0.15) is 0 Å². The molecule has 0 N–H and O–H groups in total. The van der Waals surface area contributed by atoms with Crippen molar-refractivity contribution in [2.24, 2.45) is 5.92 Å². The van der Waals surface area contributed by atoms with Crippen LogP contribution in [-0.2, 0) is 11.2 Å². The van der Waals surface area contributed by atoms with E-state index in [1.807, 2.05) is 53.6 Å². The summed E-state index contributed by atoms with van der Waals surface area (Å²) in [5, 5.41) is 2.21. The maximum Gasteiger partial charge on any atom is 0.253 e. The van der Waals surface area contributed by atoms with Crippen molar-refractivity contribution in [3.05, 3.63) is 77.6 Å². The Labute approximate surface area is 182 Å². The minimum atomic E-state index is 0.0901. The van der Waals surface area contributed by atoms with Gasteiger partial charge in [0.15, 0.2) is 0 Å². The minimum absolute atomic E-state index is 0.0901. The number of nitrogens with zero attached hydrogens (tertiary/aromatic N) is 3. The van der Waals surface area contributed by atoms with Crippen LogP contribution < -0.4 is 0 Å². The van der Waals surface area contributed by atoms with E-state index in [4.69, 9.17) is 0 Å². The Kier molecular flexibility index (Phi) is 5.28. The topological polar surface area (TPSA) is 53.5 Å². The zero-order chi connectivity index (χ0) is 21.4. The van der Waals surface area contributed by atoms with E-state index in [1.54, 1.807) is 6.20 Å². The Bertz CT molecular complexity index is 1120. The largest absolute Gasteiger partial charge is 0.336 e. The number of rotatable bonds is 5. The van der Waals surface area contributed by atoms with E-state index in [0.717, 1.165) is 60.1 Å². The van der Waals surface area contributed by atoms with Crippen LogP contribution in [0.25, 0.3) is 10.8 Å². The van der Waals surface area contributed by atoms with Crippen LogP contribution in [-0.4, -0.2) is 59.7 Å². The van der Waals surface area contributed by atoms with E-state index < -0.39 is 0 Å². The van der Waals surface area contributed by atoms with Crippen LogP contribution in [0.2, 0.25) is 0 Å². The zero-order valence-corrected chi connectivity index (χ0v) is 17.8. The fourth-order valence-electron chi connectivity index (χ4n) is 4.56. The monoisotopic (exact) mass is 413 g/mol. The number of likely N-dealkylation sites (N-methyl/N-ethyl adjacent to an activating group) is 1. The van der Waals surface area contributed by atoms with Crippen molar-refractivity contribution in [3.63, 3.8) is 0 Å². The third kappa shape index (κ3) is 4.23. The molecule has 1 amide bonds. The molecule has 1 aliphatic heterocycles. The smallest absolute Gasteiger partial charge is 0.253 e. The average Bonchev–Trinajstić information content (AvgIpc) is 3.60. The summed E-state index contributed by atoms with van der Waals surface area (Å²) >= 11 is 0. The lowest BCUT2D eigenvalue weighted by Gasteiger charge is -2.32. The summed E-state index contributed by atoms with van der Waals surface area (Å²) in [6.45, 7) is 3.40. The van der Waals surface area contributed by atoms with Crippen molar-refractivity contribution in [1.82, 2.24) is 14.8 Å². The van der Waals surface area contributed by atoms with Gasteiger partial charge in [0.2, 0.25) is 0 Å². The molecule has 1 aliphatic carbocycles. The van der Waals surface area contributed by atoms with Crippen LogP contribution >= 0.6 is 0 Å². The van der Waals surface area contributed by atoms with Gasteiger partial charge >= 0.3 is 0 Å². The maximum atomic E-state index is 12.8. The van der Waals surface area contributed by atoms with E-state index in [0.29, 0.717) is 12.2 Å². The van der Waals surface area contributed by atoms with Gasteiger partial charge < -0.3 is 9.80 Å². The van der Waals surface area contributed by atoms with Crippen molar-refractivity contribution >= 4 is 22.5 Å². The quantitative estimate of drug-likeness (QED) is 0.642. The van der Waals surface area contributed by atoms with E-state index in [9.17, 15) is 9.59 Å². The van der Waals surface area contributed by atoms with Gasteiger partial charge in [0.25, 0.3) is 5.91 Å². The number of aromatic nitrogens is 1. The summed E-state index contributed by atoms with van der Waals surface area (Å²) in [4.78, 5) is 33.9. The Balaban J connectivity index is 1.20. The van der Waals surface area contributed by atoms with Gasteiger partial charge in [0, 0.05) is 61.9 Å². The predicted octanol–water partition coefficient (Wildman–Crippen LogP) is 3.54. The van der Waals surface area contributed by atoms with E-state index >= 15 is 0 Å². The Morgan fingerprint density at radius 3 is 2.52 bits per heavy atom. The van der Waals surface area contributed by atoms with Gasteiger partial charge in [-0.3, -0.25) is 14.6 Å². The van der Waals surface area contributed by atoms with Crippen LogP contribution in [0.15, 0.2) is 60.9 Å². The number of carbonyl (C=O) groups is 2. The molecular formula is C26H27N3O2. The van der Waals surface area contributed by atoms with Gasteiger partial charge in [0.1, 0.15) is 5.78 Å². The van der Waals surface area contributed by atoms with E-state index in [2.05, 4.69) is 23.0 Å². The average molecular weight is 414 g/mol. The molecule has 1 saturated heterocycles. The van der Waals surface area contributed by atoms with Gasteiger partial charge in [-0.25, -0.2) is 0 Å². The van der Waals surface area contributed by atoms with Crippen LogP contribution in [0.5, 0.6) is 0 Å². The molecule has 1 aromatic heterocycles. The molecule has 5 rings (SSSR count). The van der Waals surface area contributed by atoms with Gasteiger partial charge in [-0.1, -0.05) is 30.3 Å². The standard InChI is InChI=1S/C26H27N3O2/c1-28-10-12-29(13-11-28)26(31)20-6-4-19(5-7-20)23-16-24(23)25(30)15-18-2-3-22-17-27-9-8-21(22)14-18/h2-9,14,17,23-24H,10-13,15-16H2,1H3/t23-,24+/m0/s1. The summed E-state index contributed by atoms with van der Waals surface area (Å²) in [6, 6.07) is 16.0. The number of ketones is 1. The number of piperazine rings is 1. The van der Waals surface area contributed by atoms with Crippen molar-refractivity contribution < 1.29 is 9.59 Å². The Morgan fingerprint density at radius 2 is 1.74 bits per heavy atom. The van der Waals surface area contributed by atoms with Crippen LogP contribution in [0.4, 0.5) is 0 Å². The highest BCUT2D eigenvalue weighted by Crippen LogP contribution is 2.48. The summed E-state index contributed by atoms with van der Waals surface area (Å²) in [5.41, 5.74) is 2.96. The predicted molar refractivity (Wildman–Crippen MR) is 121 cm³/mol. The zero-order valence-electron chi connectivity index (χ0n) is 17.8. The van der Waals surface area contributed by atoms with Gasteiger partial charge in [-0.05, 0) is 54.1 Å². The first kappa shape index (κ1) is 19.9. The maximum absolute atomic E-state index is 12.8. The highest BCUT2D eigenvalue weighted by molar-refractivity contribution is 5.94. The summed E-state index contributed by atoms with van der Waals surface area (Å²) in [6.07, 6.45) is 5.00. The molecule has 1 saturated carbocycles. The Morgan fingerprint density at radius 1 is 0.968 bits per heavy atom. The highest BCUT2D eigenvalue weighted by atomic mass is 16.2. The number of amides is 1. The summed E-state index contributed by atoms with van der Waals surface area (Å²) < 4.78 is 0. The molecule has 2 aromatic carbocycles. The molecule has 2 fully saturated rings. The third-order valence-corrected chi connectivity index (χ3v) is 6.66. The van der Waals surface area contributed by atoms with Crippen molar-refractivity contribution in [2.75, 3.05) is 33.2 Å². The number of hydrogen-bond donors (Lipinski definition) is 0. The van der Waals surface area contributed by atoms with Crippen LogP contribution in [0, 0.1) is 5.92 Å². The lowest BCUT2D eigenvalue weighted by molar-refractivity contribution is -0.119. The first-order chi connectivity index (χ1) is 15.1. The van der Waals surface area contributed by atoms with E-state index in [-0.39, 0.29) is 17.7 Å². The fourth-order valence-corrected chi connectivity index (χ4v) is 4.56. The molecule has 5 nitrogen and oxygen atoms in total. The van der Waals surface area contributed by atoms with Crippen LogP contribution in [0.3, 0.4) is 0 Å². The molecular weight excluding hydrogens is 386 g/mol. The second kappa shape index (κ2) is 8.23. The lowest BCUT2D eigenvalue weighted by Crippen LogP contribution is -2.47. The first-order valence-electron chi connectivity index (χ1n) is 11.0. The molecule has 5 heteroatoms.